The van der Waals surface area contributed by atoms with E-state index < -0.39 is 0 Å². The predicted octanol–water partition coefficient (Wildman–Crippen LogP) is 1.45. The van der Waals surface area contributed by atoms with Crippen molar-refractivity contribution in [2.24, 2.45) is 0 Å². The molecule has 2 heterocycles. The first-order valence-corrected chi connectivity index (χ1v) is 6.24. The van der Waals surface area contributed by atoms with Crippen molar-refractivity contribution in [1.82, 2.24) is 20.4 Å². The molecule has 1 N–H and O–H groups in total. The SMILES string of the molecule is CN1CCNC(c2nc(-c3ccccc3F)no2)C1. The number of aromatic nitrogens is 2. The van der Waals surface area contributed by atoms with Crippen molar-refractivity contribution in [3.63, 3.8) is 0 Å². The van der Waals surface area contributed by atoms with Crippen molar-refractivity contribution in [2.45, 2.75) is 6.04 Å². The van der Waals surface area contributed by atoms with E-state index in [2.05, 4.69) is 20.4 Å². The Morgan fingerprint density at radius 2 is 2.26 bits per heavy atom. The molecule has 0 spiro atoms. The summed E-state index contributed by atoms with van der Waals surface area (Å²) < 4.78 is 18.9. The van der Waals surface area contributed by atoms with Gasteiger partial charge in [0, 0.05) is 19.6 Å². The molecule has 0 saturated carbocycles. The smallest absolute Gasteiger partial charge is 0.245 e. The maximum atomic E-state index is 13.6. The first-order chi connectivity index (χ1) is 9.24. The second-order valence-corrected chi connectivity index (χ2v) is 4.71. The average molecular weight is 262 g/mol. The van der Waals surface area contributed by atoms with E-state index in [0.29, 0.717) is 17.3 Å². The molecule has 1 atom stereocenters. The summed E-state index contributed by atoms with van der Waals surface area (Å²) in [6.07, 6.45) is 0. The number of rotatable bonds is 2. The highest BCUT2D eigenvalue weighted by atomic mass is 19.1. The number of hydrogen-bond donors (Lipinski definition) is 1. The normalized spacial score (nSPS) is 20.6. The molecule has 2 aromatic rings. The first-order valence-electron chi connectivity index (χ1n) is 6.24. The van der Waals surface area contributed by atoms with E-state index in [0.717, 1.165) is 19.6 Å². The third-order valence-electron chi connectivity index (χ3n) is 3.23. The average Bonchev–Trinajstić information content (AvgIpc) is 2.89. The van der Waals surface area contributed by atoms with Crippen LogP contribution in [0.15, 0.2) is 28.8 Å². The van der Waals surface area contributed by atoms with E-state index in [9.17, 15) is 4.39 Å². The zero-order valence-corrected chi connectivity index (χ0v) is 10.6. The van der Waals surface area contributed by atoms with E-state index in [1.54, 1.807) is 18.2 Å². The van der Waals surface area contributed by atoms with Crippen LogP contribution in [0.3, 0.4) is 0 Å². The van der Waals surface area contributed by atoms with Crippen LogP contribution in [0.4, 0.5) is 4.39 Å². The Balaban J connectivity index is 1.85. The molecule has 1 saturated heterocycles. The van der Waals surface area contributed by atoms with E-state index in [1.165, 1.54) is 6.07 Å². The summed E-state index contributed by atoms with van der Waals surface area (Å²) in [7, 11) is 2.04. The summed E-state index contributed by atoms with van der Waals surface area (Å²) in [6, 6.07) is 6.42. The molecule has 0 radical (unpaired) electrons. The second-order valence-electron chi connectivity index (χ2n) is 4.71. The Hall–Kier alpha value is -1.79. The second kappa shape index (κ2) is 5.07. The van der Waals surface area contributed by atoms with Gasteiger partial charge in [0.2, 0.25) is 11.7 Å². The van der Waals surface area contributed by atoms with Crippen LogP contribution in [0.5, 0.6) is 0 Å². The van der Waals surface area contributed by atoms with Gasteiger partial charge in [0.1, 0.15) is 11.9 Å². The van der Waals surface area contributed by atoms with Gasteiger partial charge in [-0.05, 0) is 19.2 Å². The van der Waals surface area contributed by atoms with Gasteiger partial charge in [-0.1, -0.05) is 17.3 Å². The molecular weight excluding hydrogens is 247 g/mol. The quantitative estimate of drug-likeness (QED) is 0.887. The summed E-state index contributed by atoms with van der Waals surface area (Å²) in [5, 5.41) is 7.18. The molecular formula is C13H15FN4O. The molecule has 0 bridgehead atoms. The Labute approximate surface area is 110 Å². The van der Waals surface area contributed by atoms with Crippen LogP contribution < -0.4 is 5.32 Å². The number of nitrogens with one attached hydrogen (secondary N) is 1. The summed E-state index contributed by atoms with van der Waals surface area (Å²) >= 11 is 0. The highest BCUT2D eigenvalue weighted by Crippen LogP contribution is 2.22. The van der Waals surface area contributed by atoms with Crippen LogP contribution >= 0.6 is 0 Å². The lowest BCUT2D eigenvalue weighted by Gasteiger charge is -2.28. The predicted molar refractivity (Wildman–Crippen MR) is 67.9 cm³/mol. The fourth-order valence-electron chi connectivity index (χ4n) is 2.19. The summed E-state index contributed by atoms with van der Waals surface area (Å²) in [6.45, 7) is 2.67. The maximum absolute atomic E-state index is 13.6. The number of likely N-dealkylation sites (N-methyl/N-ethyl adjacent to an activating group) is 1. The monoisotopic (exact) mass is 262 g/mol. The van der Waals surface area contributed by atoms with Crippen LogP contribution in [0.25, 0.3) is 11.4 Å². The van der Waals surface area contributed by atoms with E-state index in [4.69, 9.17) is 4.52 Å². The lowest BCUT2D eigenvalue weighted by molar-refractivity contribution is 0.208. The van der Waals surface area contributed by atoms with Crippen molar-refractivity contribution in [1.29, 1.82) is 0 Å². The topological polar surface area (TPSA) is 54.2 Å². The fourth-order valence-corrected chi connectivity index (χ4v) is 2.19. The molecule has 5 nitrogen and oxygen atoms in total. The minimum Gasteiger partial charge on any atom is -0.337 e. The van der Waals surface area contributed by atoms with Crippen molar-refractivity contribution in [3.8, 4) is 11.4 Å². The molecule has 1 fully saturated rings. The number of benzene rings is 1. The van der Waals surface area contributed by atoms with Crippen LogP contribution in [-0.2, 0) is 0 Å². The van der Waals surface area contributed by atoms with Gasteiger partial charge in [-0.15, -0.1) is 0 Å². The molecule has 1 aromatic carbocycles. The van der Waals surface area contributed by atoms with Gasteiger partial charge in [-0.3, -0.25) is 0 Å². The molecule has 6 heteroatoms. The third kappa shape index (κ3) is 2.50. The summed E-state index contributed by atoms with van der Waals surface area (Å²) in [4.78, 5) is 6.48. The lowest BCUT2D eigenvalue weighted by Crippen LogP contribution is -2.43. The third-order valence-corrected chi connectivity index (χ3v) is 3.23. The van der Waals surface area contributed by atoms with Crippen molar-refractivity contribution in [3.05, 3.63) is 36.0 Å². The molecule has 0 aliphatic carbocycles. The minimum absolute atomic E-state index is 0.00627. The highest BCUT2D eigenvalue weighted by Gasteiger charge is 2.24. The standard InChI is InChI=1S/C13H15FN4O/c1-18-7-6-15-11(8-18)13-16-12(17-19-13)9-4-2-3-5-10(9)14/h2-5,11,15H,6-8H2,1H3. The molecule has 1 aliphatic rings. The summed E-state index contributed by atoms with van der Waals surface area (Å²) in [5.41, 5.74) is 0.363. The molecule has 0 amide bonds. The maximum Gasteiger partial charge on any atom is 0.245 e. The Bertz CT molecular complexity index is 571. The lowest BCUT2D eigenvalue weighted by atomic mass is 10.2. The molecule has 100 valence electrons. The van der Waals surface area contributed by atoms with Gasteiger partial charge in [-0.25, -0.2) is 4.39 Å². The van der Waals surface area contributed by atoms with Gasteiger partial charge in [-0.2, -0.15) is 4.98 Å². The largest absolute Gasteiger partial charge is 0.337 e. The van der Waals surface area contributed by atoms with Gasteiger partial charge >= 0.3 is 0 Å². The summed E-state index contributed by atoms with van der Waals surface area (Å²) in [5.74, 6) is 0.455. The Morgan fingerprint density at radius 1 is 1.42 bits per heavy atom. The highest BCUT2D eigenvalue weighted by molar-refractivity contribution is 5.54. The molecule has 1 aromatic heterocycles. The fraction of sp³-hybridized carbons (Fsp3) is 0.385. The van der Waals surface area contributed by atoms with Crippen molar-refractivity contribution < 1.29 is 8.91 Å². The van der Waals surface area contributed by atoms with Crippen LogP contribution in [0.2, 0.25) is 0 Å². The van der Waals surface area contributed by atoms with Gasteiger partial charge in [0.15, 0.2) is 0 Å². The number of piperazine rings is 1. The first kappa shape index (κ1) is 12.3. The van der Waals surface area contributed by atoms with E-state index >= 15 is 0 Å². The van der Waals surface area contributed by atoms with Crippen molar-refractivity contribution >= 4 is 0 Å². The zero-order chi connectivity index (χ0) is 13.2. The van der Waals surface area contributed by atoms with Gasteiger partial charge in [0.25, 0.3) is 0 Å². The molecule has 19 heavy (non-hydrogen) atoms. The number of nitrogens with zero attached hydrogens (tertiary/aromatic N) is 3. The van der Waals surface area contributed by atoms with Crippen LogP contribution in [-0.4, -0.2) is 41.7 Å². The minimum atomic E-state index is -0.344. The Morgan fingerprint density at radius 3 is 3.05 bits per heavy atom. The van der Waals surface area contributed by atoms with Crippen molar-refractivity contribution in [2.75, 3.05) is 26.7 Å². The zero-order valence-electron chi connectivity index (χ0n) is 10.6. The number of halogens is 1. The molecule has 1 aliphatic heterocycles. The van der Waals surface area contributed by atoms with E-state index in [1.807, 2.05) is 7.05 Å². The molecule has 1 unspecified atom stereocenters. The number of hydrogen-bond acceptors (Lipinski definition) is 5. The molecule has 3 rings (SSSR count). The van der Waals surface area contributed by atoms with Gasteiger partial charge in [0.05, 0.1) is 5.56 Å². The van der Waals surface area contributed by atoms with Gasteiger partial charge < -0.3 is 14.7 Å². The van der Waals surface area contributed by atoms with Crippen LogP contribution in [0.1, 0.15) is 11.9 Å². The van der Waals surface area contributed by atoms with E-state index in [-0.39, 0.29) is 11.9 Å². The Kier molecular flexibility index (Phi) is 3.27. The van der Waals surface area contributed by atoms with Crippen LogP contribution in [0, 0.1) is 5.82 Å².